The SMILES string of the molecule is O=CC1NN=C(C[C@@H]2CCN(C(=O)C3CC3)C2)N1c1ccc(Br)c(F)c1F. The molecule has 1 unspecified atom stereocenters. The molecule has 3 aliphatic rings. The lowest BCUT2D eigenvalue weighted by Crippen LogP contribution is -2.42. The molecule has 2 fully saturated rings. The van der Waals surface area contributed by atoms with Crippen LogP contribution in [-0.2, 0) is 9.59 Å². The molecule has 1 saturated carbocycles. The van der Waals surface area contributed by atoms with E-state index in [1.807, 2.05) is 4.90 Å². The second kappa shape index (κ2) is 7.18. The first-order valence-corrected chi connectivity index (χ1v) is 9.77. The van der Waals surface area contributed by atoms with E-state index < -0.39 is 17.8 Å². The van der Waals surface area contributed by atoms with Gasteiger partial charge in [0.1, 0.15) is 5.84 Å². The van der Waals surface area contributed by atoms with Crippen molar-refractivity contribution in [3.63, 3.8) is 0 Å². The van der Waals surface area contributed by atoms with E-state index in [2.05, 4.69) is 26.5 Å². The second-order valence-corrected chi connectivity index (χ2v) is 8.07. The maximum Gasteiger partial charge on any atom is 0.225 e. The van der Waals surface area contributed by atoms with Crippen LogP contribution >= 0.6 is 15.9 Å². The van der Waals surface area contributed by atoms with Crippen molar-refractivity contribution in [2.75, 3.05) is 18.0 Å². The molecule has 2 atom stereocenters. The summed E-state index contributed by atoms with van der Waals surface area (Å²) in [5, 5.41) is 4.18. The van der Waals surface area contributed by atoms with Crippen molar-refractivity contribution in [3.8, 4) is 0 Å². The van der Waals surface area contributed by atoms with Crippen LogP contribution in [-0.4, -0.2) is 42.2 Å². The zero-order valence-corrected chi connectivity index (χ0v) is 16.1. The number of amidine groups is 1. The molecule has 1 saturated heterocycles. The number of carbonyl (C=O) groups excluding carboxylic acids is 2. The Balaban J connectivity index is 1.51. The number of rotatable bonds is 5. The second-order valence-electron chi connectivity index (χ2n) is 7.22. The van der Waals surface area contributed by atoms with Crippen molar-refractivity contribution in [1.29, 1.82) is 0 Å². The van der Waals surface area contributed by atoms with E-state index in [1.54, 1.807) is 0 Å². The first-order valence-electron chi connectivity index (χ1n) is 8.98. The summed E-state index contributed by atoms with van der Waals surface area (Å²) in [6, 6.07) is 2.82. The molecule has 4 rings (SSSR count). The molecule has 2 heterocycles. The number of halogens is 3. The molecule has 1 aliphatic carbocycles. The predicted molar refractivity (Wildman–Crippen MR) is 99.0 cm³/mol. The Bertz CT molecular complexity index is 815. The minimum Gasteiger partial charge on any atom is -0.342 e. The standard InChI is InChI=1S/C18H19BrF2N4O2/c19-12-3-4-13(17(21)16(12)20)25-14(22-23-15(25)9-26)7-10-5-6-24(8-10)18(27)11-1-2-11/h3-4,9-11,15,23H,1-2,5-8H2/t10-,15?/m0/s1. The van der Waals surface area contributed by atoms with Crippen LogP contribution in [0.1, 0.15) is 25.7 Å². The third kappa shape index (κ3) is 3.44. The molecule has 1 aromatic rings. The Labute approximate surface area is 163 Å². The lowest BCUT2D eigenvalue weighted by molar-refractivity contribution is -0.131. The summed E-state index contributed by atoms with van der Waals surface area (Å²) < 4.78 is 28.5. The summed E-state index contributed by atoms with van der Waals surface area (Å²) in [4.78, 5) is 26.9. The van der Waals surface area contributed by atoms with Gasteiger partial charge in [0.2, 0.25) is 5.91 Å². The van der Waals surface area contributed by atoms with E-state index in [1.165, 1.54) is 17.0 Å². The Kier molecular flexibility index (Phi) is 4.88. The molecule has 6 nitrogen and oxygen atoms in total. The van der Waals surface area contributed by atoms with Gasteiger partial charge >= 0.3 is 0 Å². The zero-order chi connectivity index (χ0) is 19.1. The summed E-state index contributed by atoms with van der Waals surface area (Å²) >= 11 is 2.96. The number of nitrogens with one attached hydrogen (secondary N) is 1. The Morgan fingerprint density at radius 1 is 1.30 bits per heavy atom. The highest BCUT2D eigenvalue weighted by Crippen LogP contribution is 2.35. The highest BCUT2D eigenvalue weighted by atomic mass is 79.9. The largest absolute Gasteiger partial charge is 0.342 e. The number of carbonyl (C=O) groups is 2. The minimum absolute atomic E-state index is 0.0158. The van der Waals surface area contributed by atoms with Gasteiger partial charge in [-0.05, 0) is 53.2 Å². The summed E-state index contributed by atoms with van der Waals surface area (Å²) in [6.07, 6.45) is 2.96. The van der Waals surface area contributed by atoms with Crippen LogP contribution in [0.25, 0.3) is 0 Å². The van der Waals surface area contributed by atoms with Crippen LogP contribution in [0.4, 0.5) is 14.5 Å². The Morgan fingerprint density at radius 3 is 2.78 bits per heavy atom. The number of nitrogens with zero attached hydrogens (tertiary/aromatic N) is 3. The number of likely N-dealkylation sites (tertiary alicyclic amines) is 1. The van der Waals surface area contributed by atoms with Gasteiger partial charge in [0.25, 0.3) is 0 Å². The molecule has 2 aliphatic heterocycles. The monoisotopic (exact) mass is 440 g/mol. The fourth-order valence-electron chi connectivity index (χ4n) is 3.68. The minimum atomic E-state index is -1.04. The van der Waals surface area contributed by atoms with Crippen LogP contribution in [0.2, 0.25) is 0 Å². The molecule has 27 heavy (non-hydrogen) atoms. The third-order valence-electron chi connectivity index (χ3n) is 5.28. The number of hydrogen-bond donors (Lipinski definition) is 1. The van der Waals surface area contributed by atoms with E-state index in [0.29, 0.717) is 31.6 Å². The molecule has 0 spiro atoms. The maximum atomic E-state index is 14.5. The van der Waals surface area contributed by atoms with E-state index in [0.717, 1.165) is 19.3 Å². The number of hydrazone groups is 1. The summed E-state index contributed by atoms with van der Waals surface area (Å²) in [6.45, 7) is 1.34. The fraction of sp³-hybridized carbons (Fsp3) is 0.500. The quantitative estimate of drug-likeness (QED) is 0.564. The lowest BCUT2D eigenvalue weighted by atomic mass is 10.0. The highest BCUT2D eigenvalue weighted by Gasteiger charge is 2.38. The van der Waals surface area contributed by atoms with Crippen molar-refractivity contribution in [2.45, 2.75) is 31.8 Å². The number of hydrogen-bond acceptors (Lipinski definition) is 5. The van der Waals surface area contributed by atoms with Gasteiger partial charge in [-0.1, -0.05) is 0 Å². The van der Waals surface area contributed by atoms with Gasteiger partial charge in [-0.25, -0.2) is 8.78 Å². The molecule has 0 radical (unpaired) electrons. The van der Waals surface area contributed by atoms with Gasteiger partial charge in [-0.15, -0.1) is 0 Å². The fourth-order valence-corrected chi connectivity index (χ4v) is 3.99. The first-order chi connectivity index (χ1) is 13.0. The van der Waals surface area contributed by atoms with Crippen LogP contribution in [0.3, 0.4) is 0 Å². The number of benzene rings is 1. The van der Waals surface area contributed by atoms with Crippen molar-refractivity contribution < 1.29 is 18.4 Å². The summed E-state index contributed by atoms with van der Waals surface area (Å²) in [5.74, 6) is -1.00. The van der Waals surface area contributed by atoms with Crippen molar-refractivity contribution in [3.05, 3.63) is 28.2 Å². The summed E-state index contributed by atoms with van der Waals surface area (Å²) in [7, 11) is 0. The van der Waals surface area contributed by atoms with Gasteiger partial charge in [-0.3, -0.25) is 19.9 Å². The van der Waals surface area contributed by atoms with Gasteiger partial charge in [0, 0.05) is 25.4 Å². The molecule has 1 N–H and O–H groups in total. The van der Waals surface area contributed by atoms with E-state index in [4.69, 9.17) is 0 Å². The maximum absolute atomic E-state index is 14.5. The predicted octanol–water partition coefficient (Wildman–Crippen LogP) is 2.62. The molecule has 0 bridgehead atoms. The third-order valence-corrected chi connectivity index (χ3v) is 5.89. The molecule has 0 aromatic heterocycles. The average molecular weight is 441 g/mol. The molecular weight excluding hydrogens is 422 g/mol. The van der Waals surface area contributed by atoms with Gasteiger partial charge in [-0.2, -0.15) is 5.10 Å². The van der Waals surface area contributed by atoms with E-state index >= 15 is 0 Å². The average Bonchev–Trinajstić information content (AvgIpc) is 3.29. The van der Waals surface area contributed by atoms with Gasteiger partial charge in [0.15, 0.2) is 24.1 Å². The number of amides is 1. The van der Waals surface area contributed by atoms with Crippen LogP contribution in [0.5, 0.6) is 0 Å². The summed E-state index contributed by atoms with van der Waals surface area (Å²) in [5.41, 5.74) is 2.63. The van der Waals surface area contributed by atoms with Crippen molar-refractivity contribution in [1.82, 2.24) is 10.3 Å². The van der Waals surface area contributed by atoms with E-state index in [-0.39, 0.29) is 27.9 Å². The topological polar surface area (TPSA) is 65.0 Å². The van der Waals surface area contributed by atoms with Crippen molar-refractivity contribution >= 4 is 39.6 Å². The van der Waals surface area contributed by atoms with Gasteiger partial charge < -0.3 is 4.90 Å². The lowest BCUT2D eigenvalue weighted by Gasteiger charge is -2.25. The number of anilines is 1. The van der Waals surface area contributed by atoms with Crippen LogP contribution < -0.4 is 10.3 Å². The molecule has 1 amide bonds. The Hall–Kier alpha value is -2.03. The molecule has 144 valence electrons. The van der Waals surface area contributed by atoms with Crippen LogP contribution in [0, 0.1) is 23.5 Å². The normalized spacial score (nSPS) is 24.8. The molecule has 1 aromatic carbocycles. The molecular formula is C18H19BrF2N4O2. The zero-order valence-electron chi connectivity index (χ0n) is 14.5. The first kappa shape index (κ1) is 18.3. The van der Waals surface area contributed by atoms with Crippen LogP contribution in [0.15, 0.2) is 21.7 Å². The van der Waals surface area contributed by atoms with Crippen molar-refractivity contribution in [2.24, 2.45) is 16.9 Å². The van der Waals surface area contributed by atoms with Gasteiger partial charge in [0.05, 0.1) is 10.2 Å². The number of aldehydes is 1. The molecule has 9 heteroatoms. The highest BCUT2D eigenvalue weighted by molar-refractivity contribution is 9.10. The smallest absolute Gasteiger partial charge is 0.225 e. The Morgan fingerprint density at radius 2 is 2.07 bits per heavy atom. The van der Waals surface area contributed by atoms with E-state index in [9.17, 15) is 18.4 Å².